The van der Waals surface area contributed by atoms with E-state index in [9.17, 15) is 14.9 Å². The third-order valence-corrected chi connectivity index (χ3v) is 5.47. The van der Waals surface area contributed by atoms with Crippen molar-refractivity contribution in [2.45, 2.75) is 13.0 Å². The number of ether oxygens (including phenoxy) is 1. The average molecular weight is 463 g/mol. The van der Waals surface area contributed by atoms with Gasteiger partial charge in [-0.25, -0.2) is 4.98 Å². The second kappa shape index (κ2) is 10.6. The number of nitrogens with zero attached hydrogens (tertiary/aromatic N) is 3. The lowest BCUT2D eigenvalue weighted by Crippen LogP contribution is -2.36. The zero-order valence-electron chi connectivity index (χ0n) is 18.6. The van der Waals surface area contributed by atoms with Gasteiger partial charge in [0.1, 0.15) is 5.82 Å². The minimum absolute atomic E-state index is 0.0225. The van der Waals surface area contributed by atoms with E-state index in [0.717, 1.165) is 43.2 Å². The number of nitro benzene ring substituents is 1. The Morgan fingerprint density at radius 3 is 2.62 bits per heavy atom. The van der Waals surface area contributed by atoms with Crippen molar-refractivity contribution in [3.05, 3.63) is 82.0 Å². The van der Waals surface area contributed by atoms with Crippen LogP contribution < -0.4 is 21.3 Å². The molecule has 0 bridgehead atoms. The zero-order chi connectivity index (χ0) is 23.9. The highest BCUT2D eigenvalue weighted by atomic mass is 16.6. The van der Waals surface area contributed by atoms with E-state index in [2.05, 4.69) is 32.7 Å². The Hall–Kier alpha value is -4.18. The quantitative estimate of drug-likeness (QED) is 0.326. The molecule has 176 valence electrons. The van der Waals surface area contributed by atoms with Gasteiger partial charge in [0.05, 0.1) is 24.6 Å². The number of hydrogen-bond donors (Lipinski definition) is 3. The van der Waals surface area contributed by atoms with E-state index in [1.165, 1.54) is 12.1 Å². The number of morpholine rings is 1. The summed E-state index contributed by atoms with van der Waals surface area (Å²) in [6.45, 7) is 3.54. The lowest BCUT2D eigenvalue weighted by Gasteiger charge is -2.28. The number of hydrogen-bond acceptors (Lipinski definition) is 8. The number of aromatic nitrogens is 1. The molecule has 10 nitrogen and oxygen atoms in total. The fourth-order valence-electron chi connectivity index (χ4n) is 3.75. The van der Waals surface area contributed by atoms with Crippen molar-refractivity contribution in [3.63, 3.8) is 0 Å². The number of benzene rings is 2. The number of primary amides is 1. The lowest BCUT2D eigenvalue weighted by atomic mass is 10.1. The molecule has 0 atom stereocenters. The highest BCUT2D eigenvalue weighted by Gasteiger charge is 2.12. The topological polar surface area (TPSA) is 136 Å². The van der Waals surface area contributed by atoms with Crippen LogP contribution in [0.2, 0.25) is 0 Å². The fourth-order valence-corrected chi connectivity index (χ4v) is 3.75. The van der Waals surface area contributed by atoms with Gasteiger partial charge in [-0.2, -0.15) is 0 Å². The lowest BCUT2D eigenvalue weighted by molar-refractivity contribution is -0.384. The molecule has 4 rings (SSSR count). The number of nitro groups is 1. The number of carbonyl (C=O) groups is 1. The largest absolute Gasteiger partial charge is 0.381 e. The molecule has 1 aliphatic rings. The average Bonchev–Trinajstić information content (AvgIpc) is 2.85. The van der Waals surface area contributed by atoms with Gasteiger partial charge in [-0.3, -0.25) is 14.9 Å². The van der Waals surface area contributed by atoms with Crippen molar-refractivity contribution in [1.82, 2.24) is 4.98 Å². The third kappa shape index (κ3) is 5.99. The summed E-state index contributed by atoms with van der Waals surface area (Å²) in [6.07, 6.45) is 1.63. The van der Waals surface area contributed by atoms with E-state index >= 15 is 0 Å². The first kappa shape index (κ1) is 23.0. The molecule has 1 aliphatic heterocycles. The van der Waals surface area contributed by atoms with Gasteiger partial charge in [-0.15, -0.1) is 0 Å². The van der Waals surface area contributed by atoms with Crippen molar-refractivity contribution in [1.29, 1.82) is 0 Å². The predicted molar refractivity (Wildman–Crippen MR) is 130 cm³/mol. The second-order valence-electron chi connectivity index (χ2n) is 7.92. The zero-order valence-corrected chi connectivity index (χ0v) is 18.6. The maximum Gasteiger partial charge on any atom is 0.269 e. The van der Waals surface area contributed by atoms with Gasteiger partial charge in [0.2, 0.25) is 5.91 Å². The summed E-state index contributed by atoms with van der Waals surface area (Å²) in [6, 6.07) is 16.3. The highest BCUT2D eigenvalue weighted by Crippen LogP contribution is 2.25. The molecule has 0 saturated carbocycles. The number of non-ortho nitro benzene ring substituents is 1. The summed E-state index contributed by atoms with van der Waals surface area (Å²) in [5.41, 5.74) is 9.48. The second-order valence-corrected chi connectivity index (χ2v) is 7.92. The number of carbonyl (C=O) groups excluding carboxylic acids is 1. The van der Waals surface area contributed by atoms with Gasteiger partial charge in [-0.1, -0.05) is 12.1 Å². The number of pyridine rings is 1. The molecular weight excluding hydrogens is 436 g/mol. The van der Waals surface area contributed by atoms with Gasteiger partial charge in [0.15, 0.2) is 0 Å². The Labute approximate surface area is 196 Å². The first-order chi connectivity index (χ1) is 16.5. The number of anilines is 4. The van der Waals surface area contributed by atoms with Crippen molar-refractivity contribution in [2.75, 3.05) is 41.8 Å². The smallest absolute Gasteiger partial charge is 0.269 e. The Morgan fingerprint density at radius 1 is 1.15 bits per heavy atom. The fraction of sp³-hybridized carbons (Fsp3) is 0.250. The minimum atomic E-state index is -0.473. The molecule has 10 heteroatoms. The Kier molecular flexibility index (Phi) is 7.19. The SMILES string of the molecule is NC(=O)Cc1cnc(Nc2ccc(N3CCOCC3)cc2)cc1NCc1cccc([N+](=O)[O-])c1. The summed E-state index contributed by atoms with van der Waals surface area (Å²) in [4.78, 5) is 28.8. The molecule has 1 fully saturated rings. The van der Waals surface area contributed by atoms with Crippen molar-refractivity contribution in [2.24, 2.45) is 5.73 Å². The summed E-state index contributed by atoms with van der Waals surface area (Å²) >= 11 is 0. The molecule has 1 saturated heterocycles. The van der Waals surface area contributed by atoms with E-state index in [0.29, 0.717) is 23.6 Å². The van der Waals surface area contributed by atoms with Crippen LogP contribution in [-0.2, 0) is 22.5 Å². The van der Waals surface area contributed by atoms with Gasteiger partial charge >= 0.3 is 0 Å². The van der Waals surface area contributed by atoms with Crippen LogP contribution in [0.15, 0.2) is 60.8 Å². The van der Waals surface area contributed by atoms with E-state index < -0.39 is 10.8 Å². The van der Waals surface area contributed by atoms with Crippen LogP contribution in [0.3, 0.4) is 0 Å². The molecule has 2 heterocycles. The molecular formula is C24H26N6O4. The van der Waals surface area contributed by atoms with Gasteiger partial charge in [-0.05, 0) is 29.8 Å². The third-order valence-electron chi connectivity index (χ3n) is 5.47. The van der Waals surface area contributed by atoms with Crippen LogP contribution in [0.4, 0.5) is 28.6 Å². The molecule has 0 spiro atoms. The van der Waals surface area contributed by atoms with Crippen molar-refractivity contribution in [3.8, 4) is 0 Å². The molecule has 34 heavy (non-hydrogen) atoms. The van der Waals surface area contributed by atoms with Gasteiger partial charge in [0, 0.05) is 66.7 Å². The molecule has 1 amide bonds. The maximum absolute atomic E-state index is 11.5. The normalized spacial score (nSPS) is 13.4. The maximum atomic E-state index is 11.5. The van der Waals surface area contributed by atoms with E-state index in [1.807, 2.05) is 12.1 Å². The standard InChI is InChI=1S/C24H26N6O4/c25-23(31)13-18-16-27-24(14-22(18)26-15-17-2-1-3-21(12-17)30(32)33)28-19-4-6-20(7-5-19)29-8-10-34-11-9-29/h1-7,12,14,16H,8-11,13,15H2,(H2,25,31)(H2,26,27,28). The van der Waals surface area contributed by atoms with Crippen molar-refractivity contribution >= 4 is 34.5 Å². The van der Waals surface area contributed by atoms with Crippen molar-refractivity contribution < 1.29 is 14.5 Å². The Morgan fingerprint density at radius 2 is 1.91 bits per heavy atom. The molecule has 2 aromatic carbocycles. The van der Waals surface area contributed by atoms with Crippen LogP contribution in [0.5, 0.6) is 0 Å². The number of nitrogens with two attached hydrogens (primary N) is 1. The summed E-state index contributed by atoms with van der Waals surface area (Å²) in [5.74, 6) is 0.119. The van der Waals surface area contributed by atoms with Gasteiger partial charge < -0.3 is 26.0 Å². The minimum Gasteiger partial charge on any atom is -0.381 e. The van der Waals surface area contributed by atoms with Crippen LogP contribution in [-0.4, -0.2) is 42.1 Å². The van der Waals surface area contributed by atoms with Crippen LogP contribution in [0.1, 0.15) is 11.1 Å². The number of nitrogens with one attached hydrogen (secondary N) is 2. The Balaban J connectivity index is 1.49. The molecule has 0 radical (unpaired) electrons. The van der Waals surface area contributed by atoms with Crippen LogP contribution in [0.25, 0.3) is 0 Å². The first-order valence-corrected chi connectivity index (χ1v) is 10.9. The van der Waals surface area contributed by atoms with E-state index in [-0.39, 0.29) is 12.1 Å². The predicted octanol–water partition coefficient (Wildman–Crippen LogP) is 3.21. The molecule has 3 aromatic rings. The number of amides is 1. The first-order valence-electron chi connectivity index (χ1n) is 10.9. The summed E-state index contributed by atoms with van der Waals surface area (Å²) < 4.78 is 5.41. The Bertz CT molecular complexity index is 1160. The van der Waals surface area contributed by atoms with E-state index in [4.69, 9.17) is 10.5 Å². The summed E-state index contributed by atoms with van der Waals surface area (Å²) in [5, 5.41) is 17.6. The molecule has 0 aliphatic carbocycles. The molecule has 0 unspecified atom stereocenters. The van der Waals surface area contributed by atoms with E-state index in [1.54, 1.807) is 24.4 Å². The molecule has 4 N–H and O–H groups in total. The summed E-state index contributed by atoms with van der Waals surface area (Å²) in [7, 11) is 0. The number of rotatable bonds is 9. The van der Waals surface area contributed by atoms with Gasteiger partial charge in [0.25, 0.3) is 5.69 Å². The highest BCUT2D eigenvalue weighted by molar-refractivity contribution is 5.79. The van der Waals surface area contributed by atoms with Crippen LogP contribution in [0, 0.1) is 10.1 Å². The van der Waals surface area contributed by atoms with Crippen LogP contribution >= 0.6 is 0 Å². The monoisotopic (exact) mass is 462 g/mol. The molecule has 1 aromatic heterocycles.